The van der Waals surface area contributed by atoms with Gasteiger partial charge in [-0.2, -0.15) is 0 Å². The number of nitrogens with zero attached hydrogens (tertiary/aromatic N) is 1. The van der Waals surface area contributed by atoms with Crippen LogP contribution in [-0.4, -0.2) is 65.9 Å². The molecule has 0 aromatic rings. The molecule has 3 N–H and O–H groups in total. The van der Waals surface area contributed by atoms with Crippen molar-refractivity contribution in [2.24, 2.45) is 0 Å². The van der Waals surface area contributed by atoms with Crippen molar-refractivity contribution < 1.29 is 29.3 Å². The lowest BCUT2D eigenvalue weighted by Crippen LogP contribution is -2.49. The number of aliphatic carboxylic acids is 1. The zero-order valence-corrected chi connectivity index (χ0v) is 11.1. The minimum absolute atomic E-state index is 0.0612. The number of carbonyl (C=O) groups is 3. The van der Waals surface area contributed by atoms with Crippen molar-refractivity contribution in [3.63, 3.8) is 0 Å². The largest absolute Gasteiger partial charge is 0.480 e. The maximum absolute atomic E-state index is 11.8. The quantitative estimate of drug-likeness (QED) is 0.511. The van der Waals surface area contributed by atoms with E-state index in [1.165, 1.54) is 4.90 Å². The Balaban J connectivity index is 4.51. The van der Waals surface area contributed by atoms with E-state index in [-0.39, 0.29) is 6.61 Å². The summed E-state index contributed by atoms with van der Waals surface area (Å²) in [6.07, 6.45) is -0.0366. The van der Waals surface area contributed by atoms with Crippen LogP contribution >= 0.6 is 0 Å². The molecule has 0 spiro atoms. The van der Waals surface area contributed by atoms with Crippen molar-refractivity contribution in [1.29, 1.82) is 0 Å². The second-order valence-electron chi connectivity index (χ2n) is 3.78. The third-order valence-corrected chi connectivity index (χ3v) is 2.45. The van der Waals surface area contributed by atoms with Gasteiger partial charge in [0.1, 0.15) is 6.04 Å². The van der Waals surface area contributed by atoms with Gasteiger partial charge < -0.3 is 25.2 Å². The smallest absolute Gasteiger partial charge is 0.326 e. The average molecular weight is 276 g/mol. The Morgan fingerprint density at radius 1 is 1.37 bits per heavy atom. The van der Waals surface area contributed by atoms with Crippen LogP contribution in [0.1, 0.15) is 19.8 Å². The molecule has 0 unspecified atom stereocenters. The monoisotopic (exact) mass is 276 g/mol. The Bertz CT molecular complexity index is 320. The number of methoxy groups -OCH3 is 1. The van der Waals surface area contributed by atoms with Gasteiger partial charge in [0.2, 0.25) is 0 Å². The molecule has 0 aromatic carbocycles. The predicted octanol–water partition coefficient (Wildman–Crippen LogP) is -0.583. The Morgan fingerprint density at radius 2 is 2.00 bits per heavy atom. The summed E-state index contributed by atoms with van der Waals surface area (Å²) in [6.45, 7) is 2.35. The fraction of sp³-hybridized carbons (Fsp3) is 0.727. The molecule has 8 heteroatoms. The molecule has 0 radical (unpaired) electrons. The van der Waals surface area contributed by atoms with Gasteiger partial charge in [0, 0.05) is 19.7 Å². The fourth-order valence-electron chi connectivity index (χ4n) is 1.36. The van der Waals surface area contributed by atoms with Crippen LogP contribution in [0.4, 0.5) is 4.79 Å². The molecule has 0 fully saturated rings. The molecule has 0 saturated carbocycles. The number of carbonyl (C=O) groups excluding carboxylic acids is 2. The lowest BCUT2D eigenvalue weighted by atomic mass is 10.2. The van der Waals surface area contributed by atoms with E-state index in [1.807, 2.05) is 0 Å². The number of aliphatic hydroxyl groups is 1. The number of carboxylic acid groups (broad SMARTS) is 1. The van der Waals surface area contributed by atoms with Crippen LogP contribution in [0.15, 0.2) is 0 Å². The molecule has 0 aromatic heterocycles. The molecule has 8 nitrogen and oxygen atoms in total. The number of urea groups is 1. The number of esters is 1. The third-order valence-electron chi connectivity index (χ3n) is 2.45. The van der Waals surface area contributed by atoms with Crippen LogP contribution in [0.5, 0.6) is 0 Å². The van der Waals surface area contributed by atoms with Crippen molar-refractivity contribution in [2.75, 3.05) is 26.8 Å². The van der Waals surface area contributed by atoms with Gasteiger partial charge in [0.15, 0.2) is 0 Å². The first-order valence-corrected chi connectivity index (χ1v) is 5.92. The highest BCUT2D eigenvalue weighted by Crippen LogP contribution is 1.99. The molecule has 1 atom stereocenters. The van der Waals surface area contributed by atoms with Gasteiger partial charge in [-0.05, 0) is 13.3 Å². The molecule has 0 aliphatic heterocycles. The van der Waals surface area contributed by atoms with Crippen LogP contribution in [0.2, 0.25) is 0 Å². The van der Waals surface area contributed by atoms with Crippen LogP contribution in [0.25, 0.3) is 0 Å². The van der Waals surface area contributed by atoms with Crippen molar-refractivity contribution in [1.82, 2.24) is 10.2 Å². The van der Waals surface area contributed by atoms with E-state index in [4.69, 9.17) is 10.2 Å². The fourth-order valence-corrected chi connectivity index (χ4v) is 1.36. The number of carboxylic acids is 1. The molecular formula is C11H20N2O6. The van der Waals surface area contributed by atoms with Crippen LogP contribution in [0, 0.1) is 0 Å². The normalized spacial score (nSPS) is 11.5. The highest BCUT2D eigenvalue weighted by Gasteiger charge is 2.25. The lowest BCUT2D eigenvalue weighted by molar-refractivity contribution is -0.147. The maximum Gasteiger partial charge on any atom is 0.326 e. The van der Waals surface area contributed by atoms with E-state index in [9.17, 15) is 14.4 Å². The molecule has 0 heterocycles. The lowest BCUT2D eigenvalue weighted by Gasteiger charge is -2.23. The molecule has 0 saturated heterocycles. The Kier molecular flexibility index (Phi) is 8.27. The van der Waals surface area contributed by atoms with Crippen LogP contribution in [0.3, 0.4) is 0 Å². The number of amides is 2. The Labute approximate surface area is 111 Å². The standard InChI is InChI=1S/C11H20N2O6/c1-3-13(5-4-6-14)11(18)12-8(10(16)17)7-9(15)19-2/h8,14H,3-7H2,1-2H3,(H,12,18)(H,16,17)/t8-/m0/s1. The molecule has 0 rings (SSSR count). The molecular weight excluding hydrogens is 256 g/mol. The van der Waals surface area contributed by atoms with Gasteiger partial charge in [-0.1, -0.05) is 0 Å². The van der Waals surface area contributed by atoms with Gasteiger partial charge in [-0.3, -0.25) is 4.79 Å². The van der Waals surface area contributed by atoms with E-state index in [0.29, 0.717) is 19.5 Å². The van der Waals surface area contributed by atoms with Crippen molar-refractivity contribution in [2.45, 2.75) is 25.8 Å². The van der Waals surface area contributed by atoms with Gasteiger partial charge in [-0.15, -0.1) is 0 Å². The molecule has 0 aliphatic carbocycles. The Hall–Kier alpha value is -1.83. The summed E-state index contributed by atoms with van der Waals surface area (Å²) < 4.78 is 4.36. The van der Waals surface area contributed by atoms with E-state index in [1.54, 1.807) is 6.92 Å². The summed E-state index contributed by atoms with van der Waals surface area (Å²) in [4.78, 5) is 35.1. The van der Waals surface area contributed by atoms with Crippen LogP contribution < -0.4 is 5.32 Å². The second-order valence-corrected chi connectivity index (χ2v) is 3.78. The van der Waals surface area contributed by atoms with E-state index in [2.05, 4.69) is 10.1 Å². The van der Waals surface area contributed by atoms with E-state index in [0.717, 1.165) is 7.11 Å². The van der Waals surface area contributed by atoms with E-state index < -0.39 is 30.4 Å². The summed E-state index contributed by atoms with van der Waals surface area (Å²) in [5, 5.41) is 19.9. The predicted molar refractivity (Wildman–Crippen MR) is 65.5 cm³/mol. The molecule has 2 amide bonds. The highest BCUT2D eigenvalue weighted by atomic mass is 16.5. The summed E-state index contributed by atoms with van der Waals surface area (Å²) in [5.74, 6) is -2.02. The minimum atomic E-state index is -1.33. The zero-order valence-electron chi connectivity index (χ0n) is 11.1. The zero-order chi connectivity index (χ0) is 14.8. The third kappa shape index (κ3) is 6.61. The molecule has 19 heavy (non-hydrogen) atoms. The van der Waals surface area contributed by atoms with Gasteiger partial charge in [0.05, 0.1) is 13.5 Å². The number of nitrogens with one attached hydrogen (secondary N) is 1. The summed E-state index contributed by atoms with van der Waals surface area (Å²) in [7, 11) is 1.14. The van der Waals surface area contributed by atoms with E-state index >= 15 is 0 Å². The summed E-state index contributed by atoms with van der Waals surface area (Å²) >= 11 is 0. The summed E-state index contributed by atoms with van der Waals surface area (Å²) in [5.41, 5.74) is 0. The minimum Gasteiger partial charge on any atom is -0.480 e. The van der Waals surface area contributed by atoms with Gasteiger partial charge in [0.25, 0.3) is 0 Å². The molecule has 0 aliphatic rings. The number of hydrogen-bond acceptors (Lipinski definition) is 5. The highest BCUT2D eigenvalue weighted by molar-refractivity contribution is 5.86. The first-order chi connectivity index (χ1) is 8.96. The number of rotatable bonds is 8. The van der Waals surface area contributed by atoms with Gasteiger partial charge in [-0.25, -0.2) is 9.59 Å². The number of hydrogen-bond donors (Lipinski definition) is 3. The number of ether oxygens (including phenoxy) is 1. The number of aliphatic hydroxyl groups excluding tert-OH is 1. The maximum atomic E-state index is 11.8. The van der Waals surface area contributed by atoms with Crippen LogP contribution in [-0.2, 0) is 14.3 Å². The van der Waals surface area contributed by atoms with Crippen molar-refractivity contribution >= 4 is 18.0 Å². The van der Waals surface area contributed by atoms with Gasteiger partial charge >= 0.3 is 18.0 Å². The first-order valence-electron chi connectivity index (χ1n) is 5.92. The average Bonchev–Trinajstić information content (AvgIpc) is 2.38. The SMILES string of the molecule is CCN(CCCO)C(=O)N[C@@H](CC(=O)OC)C(=O)O. The summed E-state index contributed by atoms with van der Waals surface area (Å²) in [6, 6.07) is -1.92. The Morgan fingerprint density at radius 3 is 2.42 bits per heavy atom. The topological polar surface area (TPSA) is 116 Å². The molecule has 0 bridgehead atoms. The second kappa shape index (κ2) is 9.15. The van der Waals surface area contributed by atoms with Crippen molar-refractivity contribution in [3.05, 3.63) is 0 Å². The van der Waals surface area contributed by atoms with Crippen molar-refractivity contribution in [3.8, 4) is 0 Å². The molecule has 110 valence electrons. The first kappa shape index (κ1) is 17.2.